The van der Waals surface area contributed by atoms with Crippen molar-refractivity contribution in [2.45, 2.75) is 12.8 Å². The first kappa shape index (κ1) is 21.7. The van der Waals surface area contributed by atoms with E-state index < -0.39 is 11.9 Å². The number of benzene rings is 2. The maximum atomic E-state index is 13.4. The lowest BCUT2D eigenvalue weighted by atomic mass is 9.79. The summed E-state index contributed by atoms with van der Waals surface area (Å²) in [7, 11) is 2.79. The number of dihydropyridines is 1. The van der Waals surface area contributed by atoms with Gasteiger partial charge in [0, 0.05) is 28.3 Å². The number of esters is 1. The molecule has 8 heteroatoms. The van der Waals surface area contributed by atoms with Gasteiger partial charge in [-0.1, -0.05) is 24.3 Å². The Bertz CT molecular complexity index is 1260. The van der Waals surface area contributed by atoms with Crippen LogP contribution in [0.1, 0.15) is 34.3 Å². The number of ketones is 1. The highest BCUT2D eigenvalue weighted by molar-refractivity contribution is 9.10. The molecule has 0 unspecified atom stereocenters. The summed E-state index contributed by atoms with van der Waals surface area (Å²) in [6.45, 7) is 1.63. The molecule has 0 amide bonds. The van der Waals surface area contributed by atoms with E-state index in [1.54, 1.807) is 25.1 Å². The second-order valence-electron chi connectivity index (χ2n) is 7.23. The van der Waals surface area contributed by atoms with Gasteiger partial charge >= 0.3 is 5.97 Å². The Hall–Kier alpha value is -3.57. The van der Waals surface area contributed by atoms with E-state index in [0.29, 0.717) is 49.6 Å². The van der Waals surface area contributed by atoms with Crippen LogP contribution >= 0.6 is 15.9 Å². The molecule has 4 rings (SSSR count). The van der Waals surface area contributed by atoms with Gasteiger partial charge in [-0.2, -0.15) is 5.26 Å². The van der Waals surface area contributed by atoms with Crippen molar-refractivity contribution in [3.63, 3.8) is 0 Å². The summed E-state index contributed by atoms with van der Waals surface area (Å²) >= 11 is 3.48. The fourth-order valence-corrected chi connectivity index (χ4v) is 4.77. The van der Waals surface area contributed by atoms with Gasteiger partial charge in [0.05, 0.1) is 30.0 Å². The van der Waals surface area contributed by atoms with Crippen molar-refractivity contribution in [1.29, 1.82) is 5.26 Å². The molecule has 2 aliphatic rings. The molecule has 7 nitrogen and oxygen atoms in total. The van der Waals surface area contributed by atoms with Gasteiger partial charge in [-0.15, -0.1) is 0 Å². The zero-order valence-corrected chi connectivity index (χ0v) is 19.2. The molecule has 0 fully saturated rings. The van der Waals surface area contributed by atoms with Crippen molar-refractivity contribution in [2.75, 3.05) is 20.8 Å². The number of fused-ring (bicyclic) bond motifs is 2. The standard InChI is InChI=1S/C24H19BrN2O5/c1-12-18(24(29)31-3)19(13-10-16(25)23(32-9-8-26)17(11-13)30-2)20-21(27-12)14-6-4-5-7-15(14)22(20)28/h4-7,10-11,19,27H,9H2,1-3H3/t19-/m0/s1. The van der Waals surface area contributed by atoms with E-state index in [1.165, 1.54) is 14.2 Å². The maximum Gasteiger partial charge on any atom is 0.336 e. The van der Waals surface area contributed by atoms with E-state index in [4.69, 9.17) is 19.5 Å². The van der Waals surface area contributed by atoms with E-state index in [-0.39, 0.29) is 12.4 Å². The second kappa shape index (κ2) is 8.52. The first-order valence-corrected chi connectivity index (χ1v) is 10.5. The number of hydrogen-bond donors (Lipinski definition) is 1. The molecule has 1 atom stereocenters. The fraction of sp³-hybridized carbons (Fsp3) is 0.208. The average molecular weight is 495 g/mol. The summed E-state index contributed by atoms with van der Waals surface area (Å²) in [4.78, 5) is 26.3. The van der Waals surface area contributed by atoms with Crippen molar-refractivity contribution >= 4 is 33.4 Å². The molecule has 0 saturated heterocycles. The van der Waals surface area contributed by atoms with Crippen LogP contribution in [0.3, 0.4) is 0 Å². The van der Waals surface area contributed by atoms with Crippen LogP contribution in [0, 0.1) is 11.3 Å². The minimum atomic E-state index is -0.686. The van der Waals surface area contributed by atoms with Crippen molar-refractivity contribution in [3.05, 3.63) is 74.4 Å². The number of allylic oxidation sites excluding steroid dienone is 2. The monoisotopic (exact) mass is 494 g/mol. The number of Topliss-reactive ketones (excluding diaryl/α,β-unsaturated/α-hetero) is 1. The van der Waals surface area contributed by atoms with Crippen molar-refractivity contribution < 1.29 is 23.8 Å². The Morgan fingerprint density at radius 3 is 2.59 bits per heavy atom. The highest BCUT2D eigenvalue weighted by Gasteiger charge is 2.43. The van der Waals surface area contributed by atoms with Gasteiger partial charge in [-0.3, -0.25) is 4.79 Å². The number of methoxy groups -OCH3 is 2. The topological polar surface area (TPSA) is 97.6 Å². The molecule has 2 aromatic rings. The quantitative estimate of drug-likeness (QED) is 0.624. The Balaban J connectivity index is 1.94. The molecule has 1 N–H and O–H groups in total. The molecular formula is C24H19BrN2O5. The Kier molecular flexibility index (Phi) is 5.76. The van der Waals surface area contributed by atoms with Crippen LogP contribution in [-0.4, -0.2) is 32.6 Å². The second-order valence-corrected chi connectivity index (χ2v) is 8.09. The minimum absolute atomic E-state index is 0.151. The van der Waals surface area contributed by atoms with Gasteiger partial charge in [0.25, 0.3) is 0 Å². The first-order valence-electron chi connectivity index (χ1n) is 9.74. The van der Waals surface area contributed by atoms with Crippen LogP contribution in [0.15, 0.2) is 57.7 Å². The van der Waals surface area contributed by atoms with Crippen LogP contribution in [-0.2, 0) is 9.53 Å². The molecule has 0 saturated carbocycles. The molecule has 1 heterocycles. The predicted molar refractivity (Wildman–Crippen MR) is 120 cm³/mol. The van der Waals surface area contributed by atoms with Crippen LogP contribution in [0.25, 0.3) is 5.70 Å². The summed E-state index contributed by atoms with van der Waals surface area (Å²) in [5.74, 6) is -0.636. The molecule has 0 bridgehead atoms. The molecule has 162 valence electrons. The Labute approximate surface area is 193 Å². The number of hydrogen-bond acceptors (Lipinski definition) is 7. The summed E-state index contributed by atoms with van der Waals surface area (Å²) < 4.78 is 16.6. The fourth-order valence-electron chi connectivity index (χ4n) is 4.19. The highest BCUT2D eigenvalue weighted by Crippen LogP contribution is 2.49. The van der Waals surface area contributed by atoms with E-state index in [1.807, 2.05) is 24.3 Å². The van der Waals surface area contributed by atoms with Crippen LogP contribution < -0.4 is 14.8 Å². The number of carbonyl (C=O) groups is 2. The Morgan fingerprint density at radius 1 is 1.22 bits per heavy atom. The largest absolute Gasteiger partial charge is 0.493 e. The maximum absolute atomic E-state index is 13.4. The normalized spacial score (nSPS) is 16.7. The third-order valence-electron chi connectivity index (χ3n) is 5.52. The molecule has 0 spiro atoms. The van der Waals surface area contributed by atoms with E-state index >= 15 is 0 Å². The summed E-state index contributed by atoms with van der Waals surface area (Å²) in [5, 5.41) is 12.1. The zero-order chi connectivity index (χ0) is 23.0. The predicted octanol–water partition coefficient (Wildman–Crippen LogP) is 4.10. The zero-order valence-electron chi connectivity index (χ0n) is 17.6. The SMILES string of the molecule is COC(=O)C1=C(C)NC2=C(C(=O)c3ccccc32)[C@H]1c1cc(Br)c(OCC#N)c(OC)c1. The van der Waals surface area contributed by atoms with Gasteiger partial charge in [0.2, 0.25) is 0 Å². The minimum Gasteiger partial charge on any atom is -0.493 e. The Morgan fingerprint density at radius 2 is 1.94 bits per heavy atom. The van der Waals surface area contributed by atoms with Gasteiger partial charge in [0.1, 0.15) is 6.07 Å². The number of rotatable bonds is 5. The van der Waals surface area contributed by atoms with Crippen LogP contribution in [0.5, 0.6) is 11.5 Å². The summed E-state index contributed by atoms with van der Waals surface area (Å²) in [6.07, 6.45) is 0. The molecule has 1 aliphatic heterocycles. The van der Waals surface area contributed by atoms with Gasteiger partial charge in [-0.25, -0.2) is 4.79 Å². The molecular weight excluding hydrogens is 476 g/mol. The summed E-state index contributed by atoms with van der Waals surface area (Å²) in [5.41, 5.74) is 4.11. The number of nitrogens with zero attached hydrogens (tertiary/aromatic N) is 1. The molecule has 32 heavy (non-hydrogen) atoms. The molecule has 1 aliphatic carbocycles. The van der Waals surface area contributed by atoms with E-state index in [9.17, 15) is 9.59 Å². The van der Waals surface area contributed by atoms with Crippen molar-refractivity contribution in [3.8, 4) is 17.6 Å². The number of nitriles is 1. The van der Waals surface area contributed by atoms with Gasteiger partial charge < -0.3 is 19.5 Å². The average Bonchev–Trinajstić information content (AvgIpc) is 3.08. The van der Waals surface area contributed by atoms with Gasteiger partial charge in [-0.05, 0) is 40.5 Å². The first-order chi connectivity index (χ1) is 15.4. The smallest absolute Gasteiger partial charge is 0.336 e. The lowest BCUT2D eigenvalue weighted by molar-refractivity contribution is -0.136. The van der Waals surface area contributed by atoms with Gasteiger partial charge in [0.15, 0.2) is 23.9 Å². The van der Waals surface area contributed by atoms with E-state index in [2.05, 4.69) is 21.2 Å². The van der Waals surface area contributed by atoms with Crippen molar-refractivity contribution in [2.24, 2.45) is 0 Å². The number of halogens is 1. The van der Waals surface area contributed by atoms with E-state index in [0.717, 1.165) is 5.56 Å². The van der Waals surface area contributed by atoms with Crippen LogP contribution in [0.2, 0.25) is 0 Å². The number of ether oxygens (including phenoxy) is 3. The molecule has 0 aromatic heterocycles. The lowest BCUT2D eigenvalue weighted by Crippen LogP contribution is -2.29. The lowest BCUT2D eigenvalue weighted by Gasteiger charge is -2.29. The highest BCUT2D eigenvalue weighted by atomic mass is 79.9. The van der Waals surface area contributed by atoms with Crippen molar-refractivity contribution in [1.82, 2.24) is 5.32 Å². The van der Waals surface area contributed by atoms with Crippen LogP contribution in [0.4, 0.5) is 0 Å². The molecule has 2 aromatic carbocycles. The third-order valence-corrected chi connectivity index (χ3v) is 6.11. The summed E-state index contributed by atoms with van der Waals surface area (Å²) in [6, 6.07) is 12.7. The number of nitrogens with one attached hydrogen (secondary N) is 1. The third kappa shape index (κ3) is 3.35. The molecule has 0 radical (unpaired) electrons. The number of carbonyl (C=O) groups excluding carboxylic acids is 2.